The Bertz CT molecular complexity index is 1420. The van der Waals surface area contributed by atoms with Gasteiger partial charge in [0.1, 0.15) is 11.4 Å². The van der Waals surface area contributed by atoms with Crippen molar-refractivity contribution in [1.82, 2.24) is 14.5 Å². The molecular weight excluding hydrogens is 469 g/mol. The van der Waals surface area contributed by atoms with Crippen LogP contribution in [0.15, 0.2) is 53.7 Å². The van der Waals surface area contributed by atoms with Crippen molar-refractivity contribution in [2.24, 2.45) is 5.92 Å². The van der Waals surface area contributed by atoms with Gasteiger partial charge in [0.25, 0.3) is 0 Å². The summed E-state index contributed by atoms with van der Waals surface area (Å²) < 4.78 is 46.0. The quantitative estimate of drug-likeness (QED) is 0.510. The van der Waals surface area contributed by atoms with Gasteiger partial charge in [0.2, 0.25) is 0 Å². The number of fused-ring (bicyclic) bond motifs is 1. The van der Waals surface area contributed by atoms with E-state index in [0.717, 1.165) is 16.5 Å². The first-order chi connectivity index (χ1) is 16.3. The number of pyridine rings is 1. The molecule has 1 aliphatic rings. The number of benzene rings is 1. The molecule has 0 spiro atoms. The maximum Gasteiger partial charge on any atom is 0.410 e. The summed E-state index contributed by atoms with van der Waals surface area (Å²) in [6.07, 6.45) is 6.19. The highest BCUT2D eigenvalue weighted by Crippen LogP contribution is 2.29. The number of amides is 1. The molecule has 1 aliphatic heterocycles. The summed E-state index contributed by atoms with van der Waals surface area (Å²) >= 11 is 0. The Labute approximate surface area is 205 Å². The summed E-state index contributed by atoms with van der Waals surface area (Å²) in [5, 5.41) is 0.765. The Morgan fingerprint density at radius 3 is 2.60 bits per heavy atom. The number of hydrogen-bond acceptors (Lipinski definition) is 5. The zero-order valence-electron chi connectivity index (χ0n) is 20.6. The highest BCUT2D eigenvalue weighted by Gasteiger charge is 2.27. The number of aromatic nitrogens is 2. The second-order valence-electron chi connectivity index (χ2n) is 10.0. The molecule has 35 heavy (non-hydrogen) atoms. The second-order valence-corrected chi connectivity index (χ2v) is 12.1. The normalized spacial score (nSPS) is 16.9. The van der Waals surface area contributed by atoms with Crippen molar-refractivity contribution in [2.45, 2.75) is 44.7 Å². The minimum atomic E-state index is -3.30. The van der Waals surface area contributed by atoms with Crippen LogP contribution in [0.4, 0.5) is 9.18 Å². The predicted molar refractivity (Wildman–Crippen MR) is 133 cm³/mol. The van der Waals surface area contributed by atoms with Crippen LogP contribution in [0.2, 0.25) is 0 Å². The van der Waals surface area contributed by atoms with Crippen molar-refractivity contribution in [3.8, 4) is 0 Å². The van der Waals surface area contributed by atoms with E-state index in [-0.39, 0.29) is 29.1 Å². The van der Waals surface area contributed by atoms with Gasteiger partial charge in [0.15, 0.2) is 9.84 Å². The molecule has 0 bridgehead atoms. The minimum Gasteiger partial charge on any atom is -0.444 e. The van der Waals surface area contributed by atoms with E-state index in [4.69, 9.17) is 4.74 Å². The third-order valence-corrected chi connectivity index (χ3v) is 7.06. The number of carbonyl (C=O) groups excluding carboxylic acids is 1. The second kappa shape index (κ2) is 9.11. The van der Waals surface area contributed by atoms with E-state index >= 15 is 4.39 Å². The fraction of sp³-hybridized carbons (Fsp3) is 0.385. The van der Waals surface area contributed by atoms with Gasteiger partial charge in [0, 0.05) is 42.6 Å². The van der Waals surface area contributed by atoms with Crippen LogP contribution in [0.1, 0.15) is 39.0 Å². The Morgan fingerprint density at radius 2 is 1.97 bits per heavy atom. The lowest BCUT2D eigenvalue weighted by Crippen LogP contribution is -2.41. The minimum absolute atomic E-state index is 0.000695. The molecule has 3 heterocycles. The van der Waals surface area contributed by atoms with Crippen LogP contribution >= 0.6 is 0 Å². The van der Waals surface area contributed by atoms with E-state index in [9.17, 15) is 13.2 Å². The molecule has 0 N–H and O–H groups in total. The molecule has 1 aromatic carbocycles. The van der Waals surface area contributed by atoms with Gasteiger partial charge in [-0.3, -0.25) is 4.98 Å². The van der Waals surface area contributed by atoms with Crippen molar-refractivity contribution in [3.63, 3.8) is 0 Å². The average molecular weight is 500 g/mol. The van der Waals surface area contributed by atoms with Gasteiger partial charge in [-0.25, -0.2) is 17.6 Å². The largest absolute Gasteiger partial charge is 0.444 e. The Hall–Kier alpha value is -3.20. The van der Waals surface area contributed by atoms with Crippen LogP contribution in [0.5, 0.6) is 0 Å². The lowest BCUT2D eigenvalue weighted by molar-refractivity contribution is 0.0251. The summed E-state index contributed by atoms with van der Waals surface area (Å²) in [4.78, 5) is 18.7. The van der Waals surface area contributed by atoms with Crippen LogP contribution in [0, 0.1) is 11.7 Å². The molecule has 1 unspecified atom stereocenters. The van der Waals surface area contributed by atoms with E-state index in [1.807, 2.05) is 38.3 Å². The third kappa shape index (κ3) is 5.56. The van der Waals surface area contributed by atoms with Crippen molar-refractivity contribution >= 4 is 32.4 Å². The monoisotopic (exact) mass is 499 g/mol. The molecule has 9 heteroatoms. The van der Waals surface area contributed by atoms with Crippen molar-refractivity contribution in [1.29, 1.82) is 0 Å². The van der Waals surface area contributed by atoms with Crippen LogP contribution in [-0.2, 0) is 21.1 Å². The van der Waals surface area contributed by atoms with Gasteiger partial charge in [-0.05, 0) is 68.2 Å². The zero-order chi connectivity index (χ0) is 25.5. The number of carbonyl (C=O) groups is 1. The molecule has 3 aromatic rings. The molecule has 0 aliphatic carbocycles. The first-order valence-electron chi connectivity index (χ1n) is 11.4. The van der Waals surface area contributed by atoms with E-state index in [1.54, 1.807) is 41.6 Å². The van der Waals surface area contributed by atoms with Crippen LogP contribution < -0.4 is 0 Å². The zero-order valence-corrected chi connectivity index (χ0v) is 21.4. The highest BCUT2D eigenvalue weighted by atomic mass is 32.2. The van der Waals surface area contributed by atoms with Gasteiger partial charge in [0.05, 0.1) is 17.1 Å². The van der Waals surface area contributed by atoms with Crippen molar-refractivity contribution in [3.05, 3.63) is 65.9 Å². The number of sulfone groups is 1. The van der Waals surface area contributed by atoms with Gasteiger partial charge in [-0.1, -0.05) is 13.0 Å². The van der Waals surface area contributed by atoms with E-state index in [1.165, 1.54) is 12.3 Å². The molecule has 0 saturated heterocycles. The molecule has 0 fully saturated rings. The number of nitrogens with zero attached hydrogens (tertiary/aromatic N) is 3. The average Bonchev–Trinajstić information content (AvgIpc) is 3.15. The van der Waals surface area contributed by atoms with Crippen LogP contribution in [0.3, 0.4) is 0 Å². The van der Waals surface area contributed by atoms with Gasteiger partial charge in [-0.15, -0.1) is 0 Å². The summed E-state index contributed by atoms with van der Waals surface area (Å²) in [5.41, 5.74) is 2.17. The first-order valence-corrected chi connectivity index (χ1v) is 13.3. The highest BCUT2D eigenvalue weighted by molar-refractivity contribution is 7.90. The number of ether oxygens (including phenoxy) is 1. The SMILES string of the molecule is CC1CN(C(=O)OC(C)(C)C)CC=C1c1cnc(Cn2ccc3cc(S(C)(=O)=O)ccc32)c(F)c1. The Balaban J connectivity index is 1.52. The van der Waals surface area contributed by atoms with E-state index < -0.39 is 21.3 Å². The lowest BCUT2D eigenvalue weighted by atomic mass is 9.91. The fourth-order valence-corrected chi connectivity index (χ4v) is 4.90. The van der Waals surface area contributed by atoms with Gasteiger partial charge >= 0.3 is 6.09 Å². The van der Waals surface area contributed by atoms with Crippen molar-refractivity contribution in [2.75, 3.05) is 19.3 Å². The number of rotatable bonds is 4. The smallest absolute Gasteiger partial charge is 0.410 e. The van der Waals surface area contributed by atoms with Crippen LogP contribution in [-0.4, -0.2) is 53.9 Å². The molecule has 0 saturated carbocycles. The molecule has 4 rings (SSSR count). The summed E-state index contributed by atoms with van der Waals surface area (Å²) in [5.74, 6) is -0.416. The van der Waals surface area contributed by atoms with Gasteiger partial charge < -0.3 is 14.2 Å². The van der Waals surface area contributed by atoms with E-state index in [0.29, 0.717) is 18.7 Å². The standard InChI is InChI=1S/C26H30FN3O4S/c1-17-15-30(25(31)34-26(2,3)4)11-9-21(17)19-13-22(27)23(28-14-19)16-29-10-8-18-12-20(35(5,32)33)6-7-24(18)29/h6-10,12-14,17H,11,15-16H2,1-5H3. The number of hydrogen-bond donors (Lipinski definition) is 0. The first kappa shape index (κ1) is 24.9. The molecule has 2 aromatic heterocycles. The molecule has 186 valence electrons. The summed E-state index contributed by atoms with van der Waals surface area (Å²) in [6, 6.07) is 8.19. The molecule has 1 amide bonds. The maximum absolute atomic E-state index is 15.1. The fourth-order valence-electron chi connectivity index (χ4n) is 4.24. The molecule has 0 radical (unpaired) electrons. The molecular formula is C26H30FN3O4S. The molecule has 7 nitrogen and oxygen atoms in total. The molecule has 1 atom stereocenters. The Kier molecular flexibility index (Phi) is 6.48. The maximum atomic E-state index is 15.1. The predicted octanol–water partition coefficient (Wildman–Crippen LogP) is 4.90. The Morgan fingerprint density at radius 1 is 1.23 bits per heavy atom. The summed E-state index contributed by atoms with van der Waals surface area (Å²) in [7, 11) is -3.30. The van der Waals surface area contributed by atoms with Crippen LogP contribution in [0.25, 0.3) is 16.5 Å². The lowest BCUT2D eigenvalue weighted by Gasteiger charge is -2.33. The topological polar surface area (TPSA) is 81.5 Å². The van der Waals surface area contributed by atoms with E-state index in [2.05, 4.69) is 4.98 Å². The summed E-state index contributed by atoms with van der Waals surface area (Å²) in [6.45, 7) is 8.58. The third-order valence-electron chi connectivity index (χ3n) is 5.95. The van der Waals surface area contributed by atoms with Crippen molar-refractivity contribution < 1.29 is 22.3 Å². The van der Waals surface area contributed by atoms with Gasteiger partial charge in [-0.2, -0.15) is 0 Å². The number of halogens is 1.